The average Bonchev–Trinajstić information content (AvgIpc) is 3.55. The van der Waals surface area contributed by atoms with E-state index >= 15 is 4.39 Å². The van der Waals surface area contributed by atoms with Crippen molar-refractivity contribution in [1.29, 1.82) is 0 Å². The van der Waals surface area contributed by atoms with Crippen molar-refractivity contribution in [2.24, 2.45) is 17.8 Å². The third-order valence-corrected chi connectivity index (χ3v) is 8.15. The van der Waals surface area contributed by atoms with Crippen molar-refractivity contribution in [2.45, 2.75) is 39.2 Å². The van der Waals surface area contributed by atoms with E-state index in [2.05, 4.69) is 0 Å². The Kier molecular flexibility index (Phi) is 7.65. The van der Waals surface area contributed by atoms with Gasteiger partial charge in [-0.25, -0.2) is 8.78 Å². The van der Waals surface area contributed by atoms with Gasteiger partial charge in [0.15, 0.2) is 5.78 Å². The van der Waals surface area contributed by atoms with Crippen LogP contribution in [0.2, 0.25) is 0 Å². The summed E-state index contributed by atoms with van der Waals surface area (Å²) in [5, 5.41) is 0. The normalized spacial score (nSPS) is 20.0. The molecule has 39 heavy (non-hydrogen) atoms. The SMILES string of the molecule is CC(=O)/C=C/c1cc(F)cc(N(Cc2ccc(-c3ccc(N(C)C)cc3)cc2F)C(=O)C2C[C@H]3CC[C@@H]2C3)c1. The summed E-state index contributed by atoms with van der Waals surface area (Å²) in [6.45, 7) is 1.42. The maximum atomic E-state index is 15.5. The monoisotopic (exact) mass is 528 g/mol. The highest BCUT2D eigenvalue weighted by Gasteiger charge is 2.44. The maximum Gasteiger partial charge on any atom is 0.230 e. The van der Waals surface area contributed by atoms with Gasteiger partial charge in [0.1, 0.15) is 11.6 Å². The van der Waals surface area contributed by atoms with Crippen molar-refractivity contribution < 1.29 is 18.4 Å². The van der Waals surface area contributed by atoms with Gasteiger partial charge in [0.2, 0.25) is 5.91 Å². The third-order valence-electron chi connectivity index (χ3n) is 8.15. The Hall–Kier alpha value is -3.80. The lowest BCUT2D eigenvalue weighted by atomic mass is 9.87. The zero-order valence-electron chi connectivity index (χ0n) is 22.7. The van der Waals surface area contributed by atoms with Crippen LogP contribution in [0.15, 0.2) is 66.7 Å². The van der Waals surface area contributed by atoms with E-state index in [1.54, 1.807) is 12.1 Å². The highest BCUT2D eigenvalue weighted by Crippen LogP contribution is 2.49. The second-order valence-electron chi connectivity index (χ2n) is 11.1. The minimum atomic E-state index is -0.515. The summed E-state index contributed by atoms with van der Waals surface area (Å²) in [4.78, 5) is 28.9. The first-order chi connectivity index (χ1) is 18.7. The summed E-state index contributed by atoms with van der Waals surface area (Å²) in [5.41, 5.74) is 3.91. The number of rotatable bonds is 8. The number of amides is 1. The van der Waals surface area contributed by atoms with E-state index in [1.807, 2.05) is 49.3 Å². The van der Waals surface area contributed by atoms with E-state index in [0.29, 0.717) is 28.7 Å². The number of nitrogens with zero attached hydrogens (tertiary/aromatic N) is 2. The molecule has 2 aliphatic carbocycles. The maximum absolute atomic E-state index is 15.5. The van der Waals surface area contributed by atoms with E-state index in [-0.39, 0.29) is 24.2 Å². The van der Waals surface area contributed by atoms with Crippen LogP contribution in [-0.4, -0.2) is 25.8 Å². The molecule has 3 aromatic rings. The van der Waals surface area contributed by atoms with Crippen molar-refractivity contribution in [3.63, 3.8) is 0 Å². The quantitative estimate of drug-likeness (QED) is 0.289. The Morgan fingerprint density at radius 1 is 0.897 bits per heavy atom. The number of carbonyl (C=O) groups excluding carboxylic acids is 2. The molecule has 0 N–H and O–H groups in total. The first-order valence-electron chi connectivity index (χ1n) is 13.5. The summed E-state index contributed by atoms with van der Waals surface area (Å²) < 4.78 is 30.2. The summed E-state index contributed by atoms with van der Waals surface area (Å²) >= 11 is 0. The number of fused-ring (bicyclic) bond motifs is 2. The van der Waals surface area contributed by atoms with Crippen LogP contribution < -0.4 is 9.80 Å². The molecule has 6 heteroatoms. The Bertz CT molecular complexity index is 1410. The number of allylic oxidation sites excluding steroid dienone is 1. The van der Waals surface area contributed by atoms with Gasteiger partial charge in [0.05, 0.1) is 6.54 Å². The van der Waals surface area contributed by atoms with Crippen LogP contribution in [0, 0.1) is 29.4 Å². The van der Waals surface area contributed by atoms with Gasteiger partial charge in [-0.15, -0.1) is 0 Å². The third kappa shape index (κ3) is 5.95. The molecule has 0 radical (unpaired) electrons. The lowest BCUT2D eigenvalue weighted by Gasteiger charge is -2.30. The van der Waals surface area contributed by atoms with E-state index in [0.717, 1.165) is 42.5 Å². The molecule has 0 heterocycles. The molecule has 2 aliphatic rings. The van der Waals surface area contributed by atoms with Crippen LogP contribution in [0.3, 0.4) is 0 Å². The number of carbonyl (C=O) groups is 2. The fourth-order valence-electron chi connectivity index (χ4n) is 6.08. The smallest absolute Gasteiger partial charge is 0.230 e. The largest absolute Gasteiger partial charge is 0.378 e. The van der Waals surface area contributed by atoms with Crippen molar-refractivity contribution in [1.82, 2.24) is 0 Å². The summed E-state index contributed by atoms with van der Waals surface area (Å²) in [5.74, 6) is -0.427. The lowest BCUT2D eigenvalue weighted by Crippen LogP contribution is -2.38. The molecule has 2 bridgehead atoms. The molecule has 0 aliphatic heterocycles. The molecule has 2 saturated carbocycles. The second-order valence-corrected chi connectivity index (χ2v) is 11.1. The van der Waals surface area contributed by atoms with Crippen molar-refractivity contribution >= 4 is 29.1 Å². The van der Waals surface area contributed by atoms with Crippen molar-refractivity contribution in [3.8, 4) is 11.1 Å². The van der Waals surface area contributed by atoms with Gasteiger partial charge in [0, 0.05) is 37.0 Å². The van der Waals surface area contributed by atoms with Gasteiger partial charge >= 0.3 is 0 Å². The van der Waals surface area contributed by atoms with Gasteiger partial charge in [-0.2, -0.15) is 0 Å². The van der Waals surface area contributed by atoms with Crippen molar-refractivity contribution in [2.75, 3.05) is 23.9 Å². The number of hydrogen-bond acceptors (Lipinski definition) is 3. The molecule has 0 saturated heterocycles. The minimum absolute atomic E-state index is 0.00227. The molecule has 202 valence electrons. The first kappa shape index (κ1) is 26.8. The van der Waals surface area contributed by atoms with Crippen LogP contribution in [-0.2, 0) is 16.1 Å². The van der Waals surface area contributed by atoms with Crippen LogP contribution in [0.1, 0.15) is 43.7 Å². The highest BCUT2D eigenvalue weighted by molar-refractivity contribution is 5.96. The predicted octanol–water partition coefficient (Wildman–Crippen LogP) is 7.27. The number of hydrogen-bond donors (Lipinski definition) is 0. The molecular weight excluding hydrogens is 494 g/mol. The fourth-order valence-corrected chi connectivity index (χ4v) is 6.08. The van der Waals surface area contributed by atoms with Gasteiger partial charge in [0.25, 0.3) is 0 Å². The van der Waals surface area contributed by atoms with Gasteiger partial charge < -0.3 is 9.80 Å². The molecule has 0 aromatic heterocycles. The second kappa shape index (κ2) is 11.1. The highest BCUT2D eigenvalue weighted by atomic mass is 19.1. The summed E-state index contributed by atoms with van der Waals surface area (Å²) in [6.07, 6.45) is 6.96. The lowest BCUT2D eigenvalue weighted by molar-refractivity contribution is -0.124. The zero-order chi connectivity index (χ0) is 27.7. The Morgan fingerprint density at radius 2 is 1.64 bits per heavy atom. The molecule has 3 atom stereocenters. The van der Waals surface area contributed by atoms with E-state index in [9.17, 15) is 14.0 Å². The zero-order valence-corrected chi connectivity index (χ0v) is 22.7. The summed E-state index contributed by atoms with van der Waals surface area (Å²) in [7, 11) is 3.93. The molecule has 4 nitrogen and oxygen atoms in total. The van der Waals surface area contributed by atoms with E-state index < -0.39 is 11.6 Å². The average molecular weight is 529 g/mol. The van der Waals surface area contributed by atoms with Gasteiger partial charge in [-0.1, -0.05) is 36.8 Å². The van der Waals surface area contributed by atoms with Gasteiger partial charge in [-0.05, 0) is 97.2 Å². The minimum Gasteiger partial charge on any atom is -0.378 e. The topological polar surface area (TPSA) is 40.6 Å². The standard InChI is InChI=1S/C33H34F2N2O2/c1-21(38)4-5-23-15-28(34)19-30(16-23)37(33(39)31-17-22-6-7-26(31)14-22)20-27-9-8-25(18-32(27)35)24-10-12-29(13-11-24)36(2)3/h4-5,8-13,15-16,18-19,22,26,31H,6-7,14,17,20H2,1-3H3/b5-4+/t22-,26+,31?/m0/s1. The number of halogens is 2. The molecule has 0 spiro atoms. The number of benzene rings is 3. The van der Waals surface area contributed by atoms with Crippen molar-refractivity contribution in [3.05, 3.63) is 89.5 Å². The van der Waals surface area contributed by atoms with Crippen LogP contribution in [0.4, 0.5) is 20.2 Å². The van der Waals surface area contributed by atoms with E-state index in [1.165, 1.54) is 42.2 Å². The summed E-state index contributed by atoms with van der Waals surface area (Å²) in [6, 6.07) is 17.3. The molecular formula is C33H34F2N2O2. The molecule has 3 aromatic carbocycles. The molecule has 1 unspecified atom stereocenters. The number of ketones is 1. The molecule has 5 rings (SSSR count). The Balaban J connectivity index is 1.47. The Labute approximate surface area is 228 Å². The Morgan fingerprint density at radius 3 is 2.26 bits per heavy atom. The van der Waals surface area contributed by atoms with Gasteiger partial charge in [-0.3, -0.25) is 9.59 Å². The first-order valence-corrected chi connectivity index (χ1v) is 13.5. The fraction of sp³-hybridized carbons (Fsp3) is 0.333. The number of anilines is 2. The van der Waals surface area contributed by atoms with Crippen LogP contribution in [0.25, 0.3) is 17.2 Å². The molecule has 1 amide bonds. The molecule has 2 fully saturated rings. The van der Waals surface area contributed by atoms with Crippen LogP contribution in [0.5, 0.6) is 0 Å². The predicted molar refractivity (Wildman–Crippen MR) is 152 cm³/mol. The van der Waals surface area contributed by atoms with E-state index in [4.69, 9.17) is 0 Å². The van der Waals surface area contributed by atoms with Crippen LogP contribution >= 0.6 is 0 Å².